The molecule has 1 fully saturated rings. The molecule has 4 aromatic rings. The van der Waals surface area contributed by atoms with Gasteiger partial charge in [0.2, 0.25) is 0 Å². The maximum Gasteiger partial charge on any atom is 0.325 e. The second-order valence-electron chi connectivity index (χ2n) is 10.5. The van der Waals surface area contributed by atoms with Crippen molar-refractivity contribution in [2.24, 2.45) is 0 Å². The molecule has 2 amide bonds. The molecule has 3 aromatic carbocycles. The molecule has 1 saturated heterocycles. The summed E-state index contributed by atoms with van der Waals surface area (Å²) in [6.07, 6.45) is 1.05. The van der Waals surface area contributed by atoms with Gasteiger partial charge in [-0.25, -0.2) is 9.78 Å². The highest BCUT2D eigenvalue weighted by Crippen LogP contribution is 2.39. The van der Waals surface area contributed by atoms with Crippen LogP contribution in [0.15, 0.2) is 79.1 Å². The van der Waals surface area contributed by atoms with E-state index in [1.807, 2.05) is 72.8 Å². The Hall–Kier alpha value is -3.93. The molecule has 0 radical (unpaired) electrons. The van der Waals surface area contributed by atoms with E-state index in [1.54, 1.807) is 17.8 Å². The third-order valence-electron chi connectivity index (χ3n) is 7.34. The molecule has 5 rings (SSSR count). The number of rotatable bonds is 11. The maximum atomic E-state index is 12.1. The highest BCUT2D eigenvalue weighted by Gasteiger charge is 2.33. The van der Waals surface area contributed by atoms with Crippen LogP contribution in [0.25, 0.3) is 11.1 Å². The van der Waals surface area contributed by atoms with Crippen molar-refractivity contribution in [2.75, 3.05) is 13.2 Å². The zero-order chi connectivity index (χ0) is 31.8. The van der Waals surface area contributed by atoms with Crippen molar-refractivity contribution in [3.8, 4) is 11.1 Å². The first-order valence-corrected chi connectivity index (χ1v) is 15.3. The zero-order valence-corrected chi connectivity index (χ0v) is 26.1. The number of benzene rings is 3. The Balaban J connectivity index is 1.27. The predicted molar refractivity (Wildman–Crippen MR) is 169 cm³/mol. The minimum Gasteiger partial charge on any atom is -0.465 e. The molecular formula is C33H34Cl2N4O6. The highest BCUT2D eigenvalue weighted by molar-refractivity contribution is 6.40. The molecule has 1 aliphatic rings. The van der Waals surface area contributed by atoms with Crippen LogP contribution in [0, 0.1) is 0 Å². The summed E-state index contributed by atoms with van der Waals surface area (Å²) in [6, 6.07) is 23.0. The Labute approximate surface area is 271 Å². The van der Waals surface area contributed by atoms with Gasteiger partial charge in [0.25, 0.3) is 0 Å². The number of ether oxygens (including phenoxy) is 3. The third-order valence-corrected chi connectivity index (χ3v) is 8.11. The number of halogens is 2. The molecule has 236 valence electrons. The standard InChI is InChI=1S/C33H34Cl2N4O6/c1-2-43-29(41)17-37-33(42)36-16-22-4-3-5-26(14-22)23-10-12-25(13-11-23)32-44-27(18-39-20-38-30(34)31(39)35)15-28(45-32)24-8-6-21(19-40)7-9-24/h3-14,20,27-28,32,40H,2,15-19H2,1H3,(H2,36,37,42). The van der Waals surface area contributed by atoms with Crippen LogP contribution in [-0.2, 0) is 38.7 Å². The van der Waals surface area contributed by atoms with Gasteiger partial charge in [0.15, 0.2) is 11.4 Å². The summed E-state index contributed by atoms with van der Waals surface area (Å²) in [5.74, 6) is -0.489. The van der Waals surface area contributed by atoms with E-state index in [9.17, 15) is 14.7 Å². The van der Waals surface area contributed by atoms with Crippen LogP contribution in [0.1, 0.15) is 48.0 Å². The van der Waals surface area contributed by atoms with Crippen LogP contribution in [0.5, 0.6) is 0 Å². The third kappa shape index (κ3) is 8.62. The lowest BCUT2D eigenvalue weighted by Crippen LogP contribution is -2.38. The first kappa shape index (κ1) is 32.5. The Kier molecular flexibility index (Phi) is 11.1. The largest absolute Gasteiger partial charge is 0.465 e. The number of aliphatic hydroxyl groups excluding tert-OH is 1. The molecule has 3 atom stereocenters. The number of aliphatic hydroxyl groups is 1. The Bertz CT molecular complexity index is 1600. The average Bonchev–Trinajstić information content (AvgIpc) is 3.38. The van der Waals surface area contributed by atoms with Gasteiger partial charge in [-0.05, 0) is 40.8 Å². The van der Waals surface area contributed by atoms with Crippen molar-refractivity contribution in [1.82, 2.24) is 20.2 Å². The molecule has 1 aliphatic heterocycles. The molecule has 45 heavy (non-hydrogen) atoms. The molecule has 3 unspecified atom stereocenters. The van der Waals surface area contributed by atoms with E-state index in [1.165, 1.54) is 0 Å². The second-order valence-corrected chi connectivity index (χ2v) is 11.2. The Morgan fingerprint density at radius 2 is 1.73 bits per heavy atom. The summed E-state index contributed by atoms with van der Waals surface area (Å²) in [5.41, 5.74) is 5.52. The Morgan fingerprint density at radius 1 is 0.978 bits per heavy atom. The number of aromatic nitrogens is 2. The number of carbonyl (C=O) groups excluding carboxylic acids is 2. The summed E-state index contributed by atoms with van der Waals surface area (Å²) >= 11 is 12.4. The molecule has 2 heterocycles. The number of nitrogens with one attached hydrogen (secondary N) is 2. The summed E-state index contributed by atoms with van der Waals surface area (Å²) in [6.45, 7) is 2.49. The number of hydrogen-bond acceptors (Lipinski definition) is 7. The van der Waals surface area contributed by atoms with E-state index in [4.69, 9.17) is 37.4 Å². The smallest absolute Gasteiger partial charge is 0.325 e. The van der Waals surface area contributed by atoms with Crippen molar-refractivity contribution in [2.45, 2.75) is 51.5 Å². The minimum atomic E-state index is -0.637. The first-order chi connectivity index (χ1) is 21.8. The second kappa shape index (κ2) is 15.4. The normalized spacial score (nSPS) is 17.9. The van der Waals surface area contributed by atoms with Crippen LogP contribution < -0.4 is 10.6 Å². The van der Waals surface area contributed by atoms with Gasteiger partial charge in [0.1, 0.15) is 11.7 Å². The van der Waals surface area contributed by atoms with Gasteiger partial charge in [-0.1, -0.05) is 89.9 Å². The lowest BCUT2D eigenvalue weighted by molar-refractivity contribution is -0.252. The fraction of sp³-hybridized carbons (Fsp3) is 0.303. The molecule has 12 heteroatoms. The van der Waals surface area contributed by atoms with E-state index < -0.39 is 18.3 Å². The fourth-order valence-electron chi connectivity index (χ4n) is 5.03. The minimum absolute atomic E-state index is 0.0295. The molecular weight excluding hydrogens is 619 g/mol. The van der Waals surface area contributed by atoms with E-state index in [0.717, 1.165) is 33.4 Å². The van der Waals surface area contributed by atoms with Gasteiger partial charge in [-0.15, -0.1) is 0 Å². The monoisotopic (exact) mass is 652 g/mol. The van der Waals surface area contributed by atoms with E-state index in [0.29, 0.717) is 24.7 Å². The molecule has 1 aromatic heterocycles. The highest BCUT2D eigenvalue weighted by atomic mass is 35.5. The van der Waals surface area contributed by atoms with E-state index in [2.05, 4.69) is 15.6 Å². The van der Waals surface area contributed by atoms with Gasteiger partial charge in [-0.3, -0.25) is 4.79 Å². The first-order valence-electron chi connectivity index (χ1n) is 14.6. The van der Waals surface area contributed by atoms with E-state index >= 15 is 0 Å². The van der Waals surface area contributed by atoms with Gasteiger partial charge in [0, 0.05) is 18.5 Å². The molecule has 0 saturated carbocycles. The quantitative estimate of drug-likeness (QED) is 0.171. The molecule has 3 N–H and O–H groups in total. The zero-order valence-electron chi connectivity index (χ0n) is 24.6. The lowest BCUT2D eigenvalue weighted by atomic mass is 9.99. The molecule has 0 spiro atoms. The van der Waals surface area contributed by atoms with Crippen molar-refractivity contribution in [1.29, 1.82) is 0 Å². The van der Waals surface area contributed by atoms with Crippen LogP contribution in [0.4, 0.5) is 4.79 Å². The average molecular weight is 654 g/mol. The molecule has 10 nitrogen and oxygen atoms in total. The molecule has 0 aliphatic carbocycles. The lowest BCUT2D eigenvalue weighted by Gasteiger charge is -2.36. The molecule has 0 bridgehead atoms. The number of amides is 2. The summed E-state index contributed by atoms with van der Waals surface area (Å²) < 4.78 is 19.5. The van der Waals surface area contributed by atoms with Gasteiger partial charge in [-0.2, -0.15) is 0 Å². The number of hydrogen-bond donors (Lipinski definition) is 3. The summed E-state index contributed by atoms with van der Waals surface area (Å²) in [4.78, 5) is 27.6. The van der Waals surface area contributed by atoms with Crippen molar-refractivity contribution >= 4 is 35.2 Å². The topological polar surface area (TPSA) is 124 Å². The van der Waals surface area contributed by atoms with Crippen molar-refractivity contribution in [3.63, 3.8) is 0 Å². The fourth-order valence-corrected chi connectivity index (χ4v) is 5.34. The van der Waals surface area contributed by atoms with Gasteiger partial charge >= 0.3 is 12.0 Å². The SMILES string of the molecule is CCOC(=O)CNC(=O)NCc1cccc(-c2ccc(C3OC(Cn4cnc(Cl)c4Cl)CC(c4ccc(CO)cc4)O3)cc2)c1. The van der Waals surface area contributed by atoms with Crippen LogP contribution in [0.3, 0.4) is 0 Å². The van der Waals surface area contributed by atoms with Gasteiger partial charge < -0.3 is 34.5 Å². The number of nitrogens with zero attached hydrogens (tertiary/aromatic N) is 2. The maximum absolute atomic E-state index is 12.1. The number of imidazole rings is 1. The number of urea groups is 1. The van der Waals surface area contributed by atoms with Crippen LogP contribution in [-0.4, -0.2) is 45.9 Å². The van der Waals surface area contributed by atoms with Crippen LogP contribution >= 0.6 is 23.2 Å². The number of carbonyl (C=O) groups is 2. The van der Waals surface area contributed by atoms with Crippen LogP contribution in [0.2, 0.25) is 10.3 Å². The van der Waals surface area contributed by atoms with Crippen molar-refractivity contribution in [3.05, 3.63) is 112 Å². The predicted octanol–water partition coefficient (Wildman–Crippen LogP) is 5.96. The summed E-state index contributed by atoms with van der Waals surface area (Å²) in [7, 11) is 0. The van der Waals surface area contributed by atoms with Gasteiger partial charge in [0.05, 0.1) is 38.3 Å². The van der Waals surface area contributed by atoms with E-state index in [-0.39, 0.29) is 37.1 Å². The number of esters is 1. The summed E-state index contributed by atoms with van der Waals surface area (Å²) in [5, 5.41) is 15.3. The Morgan fingerprint density at radius 3 is 2.42 bits per heavy atom. The van der Waals surface area contributed by atoms with Crippen molar-refractivity contribution < 1.29 is 28.9 Å².